The molecule has 22 heavy (non-hydrogen) atoms. The highest BCUT2D eigenvalue weighted by atomic mass is 35.5. The zero-order valence-corrected chi connectivity index (χ0v) is 13.9. The van der Waals surface area contributed by atoms with Crippen LogP contribution in [0.2, 0.25) is 0 Å². The van der Waals surface area contributed by atoms with E-state index in [1.54, 1.807) is 0 Å². The van der Waals surface area contributed by atoms with Gasteiger partial charge in [-0.05, 0) is 37.1 Å². The summed E-state index contributed by atoms with van der Waals surface area (Å²) in [4.78, 5) is 11.1. The Morgan fingerprint density at radius 2 is 1.68 bits per heavy atom. The van der Waals surface area contributed by atoms with Gasteiger partial charge in [-0.15, -0.1) is 12.4 Å². The van der Waals surface area contributed by atoms with Gasteiger partial charge in [-0.3, -0.25) is 4.79 Å². The Balaban J connectivity index is 0.00000242. The fourth-order valence-corrected chi connectivity index (χ4v) is 3.69. The van der Waals surface area contributed by atoms with Crippen molar-refractivity contribution < 1.29 is 13.2 Å². The van der Waals surface area contributed by atoms with Crippen molar-refractivity contribution in [2.75, 3.05) is 6.54 Å². The summed E-state index contributed by atoms with van der Waals surface area (Å²) in [6.07, 6.45) is 4.88. The van der Waals surface area contributed by atoms with Crippen LogP contribution in [0.1, 0.15) is 42.5 Å². The third-order valence-electron chi connectivity index (χ3n) is 3.91. The largest absolute Gasteiger partial charge is 0.366 e. The summed E-state index contributed by atoms with van der Waals surface area (Å²) in [5.41, 5.74) is 11.2. The van der Waals surface area contributed by atoms with Crippen LogP contribution in [-0.2, 0) is 10.0 Å². The molecule has 1 aliphatic rings. The predicted molar refractivity (Wildman–Crippen MR) is 87.4 cm³/mol. The maximum absolute atomic E-state index is 12.2. The maximum atomic E-state index is 12.2. The number of nitrogens with one attached hydrogen (secondary N) is 1. The minimum Gasteiger partial charge on any atom is -0.366 e. The number of benzene rings is 1. The number of nitrogens with two attached hydrogens (primary N) is 2. The zero-order valence-electron chi connectivity index (χ0n) is 12.2. The van der Waals surface area contributed by atoms with Crippen molar-refractivity contribution in [1.29, 1.82) is 0 Å². The first-order valence-corrected chi connectivity index (χ1v) is 8.49. The first-order chi connectivity index (χ1) is 9.82. The third-order valence-corrected chi connectivity index (χ3v) is 5.33. The molecule has 2 rings (SSSR count). The lowest BCUT2D eigenvalue weighted by molar-refractivity contribution is 0.1000. The Labute approximate surface area is 137 Å². The number of hydrogen-bond donors (Lipinski definition) is 3. The predicted octanol–water partition coefficient (Wildman–Crippen LogP) is 1.15. The Bertz CT molecular complexity index is 611. The number of hydrogen-bond acceptors (Lipinski definition) is 4. The molecule has 1 fully saturated rings. The summed E-state index contributed by atoms with van der Waals surface area (Å²) in [5.74, 6) is -0.588. The maximum Gasteiger partial charge on any atom is 0.248 e. The molecule has 0 atom stereocenters. The molecule has 1 aromatic rings. The standard InChI is InChI=1S/C14H21N3O3S.ClH/c15-13(18)11-4-6-12(7-5-11)21(19,20)17-10-14(16)8-2-1-3-9-14;/h4-7,17H,1-3,8-10,16H2,(H2,15,18);1H. The molecule has 6 nitrogen and oxygen atoms in total. The van der Waals surface area contributed by atoms with Crippen molar-refractivity contribution >= 4 is 28.3 Å². The van der Waals surface area contributed by atoms with E-state index in [0.29, 0.717) is 0 Å². The van der Waals surface area contributed by atoms with Gasteiger partial charge in [0.25, 0.3) is 0 Å². The molecule has 5 N–H and O–H groups in total. The van der Waals surface area contributed by atoms with Gasteiger partial charge in [0.15, 0.2) is 0 Å². The molecule has 0 spiro atoms. The van der Waals surface area contributed by atoms with Crippen molar-refractivity contribution in [2.24, 2.45) is 11.5 Å². The molecule has 0 bridgehead atoms. The third kappa shape index (κ3) is 4.67. The lowest BCUT2D eigenvalue weighted by atomic mass is 9.83. The topological polar surface area (TPSA) is 115 Å². The van der Waals surface area contributed by atoms with Crippen LogP contribution < -0.4 is 16.2 Å². The van der Waals surface area contributed by atoms with Gasteiger partial charge < -0.3 is 11.5 Å². The van der Waals surface area contributed by atoms with E-state index in [9.17, 15) is 13.2 Å². The van der Waals surface area contributed by atoms with Crippen LogP contribution >= 0.6 is 12.4 Å². The molecule has 0 radical (unpaired) electrons. The summed E-state index contributed by atoms with van der Waals surface area (Å²) in [5, 5.41) is 0. The molecule has 1 saturated carbocycles. The summed E-state index contributed by atoms with van der Waals surface area (Å²) >= 11 is 0. The van der Waals surface area contributed by atoms with Gasteiger partial charge >= 0.3 is 0 Å². The lowest BCUT2D eigenvalue weighted by Crippen LogP contribution is -2.51. The minimum atomic E-state index is -3.62. The second-order valence-electron chi connectivity index (χ2n) is 5.64. The lowest BCUT2D eigenvalue weighted by Gasteiger charge is -2.33. The molecule has 1 aromatic carbocycles. The van der Waals surface area contributed by atoms with Crippen LogP contribution in [0.4, 0.5) is 0 Å². The van der Waals surface area contributed by atoms with Crippen LogP contribution in [0, 0.1) is 0 Å². The van der Waals surface area contributed by atoms with Gasteiger partial charge in [0.05, 0.1) is 4.90 Å². The van der Waals surface area contributed by atoms with E-state index in [2.05, 4.69) is 4.72 Å². The fourth-order valence-electron chi connectivity index (χ4n) is 2.55. The van der Waals surface area contributed by atoms with Crippen molar-refractivity contribution in [3.8, 4) is 0 Å². The van der Waals surface area contributed by atoms with Crippen molar-refractivity contribution in [2.45, 2.75) is 42.5 Å². The second-order valence-corrected chi connectivity index (χ2v) is 7.40. The van der Waals surface area contributed by atoms with Gasteiger partial charge in [0, 0.05) is 17.6 Å². The van der Waals surface area contributed by atoms with E-state index in [1.165, 1.54) is 24.3 Å². The summed E-state index contributed by atoms with van der Waals surface area (Å²) in [6, 6.07) is 5.53. The smallest absolute Gasteiger partial charge is 0.248 e. The Kier molecular flexibility index (Phi) is 6.37. The van der Waals surface area contributed by atoms with Crippen LogP contribution in [0.15, 0.2) is 29.2 Å². The van der Waals surface area contributed by atoms with Gasteiger partial charge in [-0.25, -0.2) is 13.1 Å². The van der Waals surface area contributed by atoms with Crippen molar-refractivity contribution in [1.82, 2.24) is 4.72 Å². The van der Waals surface area contributed by atoms with E-state index in [1.807, 2.05) is 0 Å². The number of amides is 1. The number of sulfonamides is 1. The van der Waals surface area contributed by atoms with Crippen LogP contribution in [0.3, 0.4) is 0 Å². The Morgan fingerprint density at radius 1 is 1.14 bits per heavy atom. The minimum absolute atomic E-state index is 0. The molecule has 124 valence electrons. The number of carbonyl (C=O) groups excluding carboxylic acids is 1. The van der Waals surface area contributed by atoms with Crippen LogP contribution in [0.25, 0.3) is 0 Å². The van der Waals surface area contributed by atoms with Gasteiger partial charge in [-0.2, -0.15) is 0 Å². The average Bonchev–Trinajstić information content (AvgIpc) is 2.46. The first-order valence-electron chi connectivity index (χ1n) is 7.01. The number of halogens is 1. The highest BCUT2D eigenvalue weighted by molar-refractivity contribution is 7.89. The normalized spacial score (nSPS) is 17.5. The molecule has 0 aliphatic heterocycles. The molecule has 1 aliphatic carbocycles. The first kappa shape index (κ1) is 18.9. The summed E-state index contributed by atoms with van der Waals surface area (Å²) in [7, 11) is -3.62. The van der Waals surface area contributed by atoms with Crippen LogP contribution in [-0.4, -0.2) is 26.4 Å². The van der Waals surface area contributed by atoms with Gasteiger partial charge in [0.2, 0.25) is 15.9 Å². The molecule has 0 aromatic heterocycles. The van der Waals surface area contributed by atoms with Crippen molar-refractivity contribution in [3.63, 3.8) is 0 Å². The molecule has 8 heteroatoms. The average molecular weight is 348 g/mol. The summed E-state index contributed by atoms with van der Waals surface area (Å²) in [6.45, 7) is 0.229. The molecular formula is C14H22ClN3O3S. The monoisotopic (exact) mass is 347 g/mol. The molecule has 1 amide bonds. The summed E-state index contributed by atoms with van der Waals surface area (Å²) < 4.78 is 27.0. The quantitative estimate of drug-likeness (QED) is 0.740. The van der Waals surface area contributed by atoms with E-state index in [0.717, 1.165) is 32.1 Å². The number of carbonyl (C=O) groups is 1. The SMILES string of the molecule is Cl.NC(=O)c1ccc(S(=O)(=O)NCC2(N)CCCCC2)cc1. The highest BCUT2D eigenvalue weighted by Crippen LogP contribution is 2.25. The van der Waals surface area contributed by atoms with E-state index < -0.39 is 21.5 Å². The zero-order chi connectivity index (χ0) is 15.5. The highest BCUT2D eigenvalue weighted by Gasteiger charge is 2.29. The molecular weight excluding hydrogens is 326 g/mol. The van der Waals surface area contributed by atoms with Crippen LogP contribution in [0.5, 0.6) is 0 Å². The number of rotatable bonds is 5. The van der Waals surface area contributed by atoms with Gasteiger partial charge in [-0.1, -0.05) is 19.3 Å². The molecule has 0 heterocycles. The van der Waals surface area contributed by atoms with Gasteiger partial charge in [0.1, 0.15) is 0 Å². The number of primary amides is 1. The second kappa shape index (κ2) is 7.41. The molecule has 0 unspecified atom stereocenters. The molecule has 0 saturated heterocycles. The van der Waals surface area contributed by atoms with Crippen molar-refractivity contribution in [3.05, 3.63) is 29.8 Å². The van der Waals surface area contributed by atoms with E-state index in [4.69, 9.17) is 11.5 Å². The fraction of sp³-hybridized carbons (Fsp3) is 0.500. The Hall–Kier alpha value is -1.15. The Morgan fingerprint density at radius 3 is 2.18 bits per heavy atom. The van der Waals surface area contributed by atoms with E-state index >= 15 is 0 Å². The van der Waals surface area contributed by atoms with E-state index in [-0.39, 0.29) is 29.4 Å².